The normalized spacial score (nSPS) is 10.3. The maximum absolute atomic E-state index is 13.4. The topological polar surface area (TPSA) is 55.5 Å². The molecule has 5 heteroatoms. The maximum atomic E-state index is 13.4. The van der Waals surface area contributed by atoms with Crippen LogP contribution in [-0.2, 0) is 6.42 Å². The Morgan fingerprint density at radius 1 is 1.64 bits per heavy atom. The molecule has 3 nitrogen and oxygen atoms in total. The fourth-order valence-electron chi connectivity index (χ4n) is 1.17. The van der Waals surface area contributed by atoms with Crippen LogP contribution < -0.4 is 10.5 Å². The second-order valence-electron chi connectivity index (χ2n) is 2.74. The molecular weight excluding hydrogens is 253 g/mol. The van der Waals surface area contributed by atoms with Gasteiger partial charge in [-0.15, -0.1) is 0 Å². The molecule has 0 fully saturated rings. The van der Waals surface area contributed by atoms with E-state index in [0.29, 0.717) is 0 Å². The first-order valence-corrected chi connectivity index (χ1v) is 4.85. The van der Waals surface area contributed by atoms with Gasteiger partial charge < -0.3 is 15.6 Å². The van der Waals surface area contributed by atoms with Crippen molar-refractivity contribution < 1.29 is 14.2 Å². The number of phenolic OH excluding ortho intramolecular Hbond substituents is 1. The van der Waals surface area contributed by atoms with E-state index in [0.717, 1.165) is 0 Å². The van der Waals surface area contributed by atoms with E-state index in [1.54, 1.807) is 0 Å². The van der Waals surface area contributed by atoms with E-state index in [9.17, 15) is 9.50 Å². The van der Waals surface area contributed by atoms with Gasteiger partial charge in [0.2, 0.25) is 0 Å². The average Bonchev–Trinajstić information content (AvgIpc) is 2.18. The molecule has 0 spiro atoms. The van der Waals surface area contributed by atoms with Gasteiger partial charge in [0, 0.05) is 11.6 Å². The van der Waals surface area contributed by atoms with Crippen LogP contribution in [0.15, 0.2) is 10.5 Å². The Hall–Kier alpha value is -0.810. The summed E-state index contributed by atoms with van der Waals surface area (Å²) in [6.45, 7) is 0.268. The molecule has 3 N–H and O–H groups in total. The SMILES string of the molecule is COc1cc(Br)c(F)c(CCN)c1O. The average molecular weight is 264 g/mol. The van der Waals surface area contributed by atoms with Crippen LogP contribution in [0.5, 0.6) is 11.5 Å². The number of methoxy groups -OCH3 is 1. The number of nitrogens with two attached hydrogens (primary N) is 1. The Labute approximate surface area is 89.8 Å². The molecular formula is C9H11BrFNO2. The number of hydrogen-bond donors (Lipinski definition) is 2. The van der Waals surface area contributed by atoms with E-state index in [1.807, 2.05) is 0 Å². The largest absolute Gasteiger partial charge is 0.504 e. The van der Waals surface area contributed by atoms with Crippen molar-refractivity contribution in [2.24, 2.45) is 5.73 Å². The summed E-state index contributed by atoms with van der Waals surface area (Å²) in [6, 6.07) is 1.38. The minimum atomic E-state index is -0.492. The Morgan fingerprint density at radius 2 is 2.29 bits per heavy atom. The number of phenols is 1. The van der Waals surface area contributed by atoms with Gasteiger partial charge in [-0.3, -0.25) is 0 Å². The molecule has 0 atom stereocenters. The highest BCUT2D eigenvalue weighted by Gasteiger charge is 2.16. The van der Waals surface area contributed by atoms with Crippen molar-refractivity contribution in [2.75, 3.05) is 13.7 Å². The zero-order chi connectivity index (χ0) is 10.7. The maximum Gasteiger partial charge on any atom is 0.164 e. The molecule has 14 heavy (non-hydrogen) atoms. The van der Waals surface area contributed by atoms with Crippen LogP contribution in [0.25, 0.3) is 0 Å². The Balaban J connectivity index is 3.29. The van der Waals surface area contributed by atoms with Crippen molar-refractivity contribution in [3.05, 3.63) is 21.9 Å². The zero-order valence-corrected chi connectivity index (χ0v) is 9.27. The van der Waals surface area contributed by atoms with Crippen LogP contribution >= 0.6 is 15.9 Å². The zero-order valence-electron chi connectivity index (χ0n) is 7.68. The fraction of sp³-hybridized carbons (Fsp3) is 0.333. The third-order valence-electron chi connectivity index (χ3n) is 1.87. The molecule has 0 saturated heterocycles. The van der Waals surface area contributed by atoms with E-state index in [-0.39, 0.29) is 34.5 Å². The summed E-state index contributed by atoms with van der Waals surface area (Å²) < 4.78 is 18.6. The third kappa shape index (κ3) is 1.99. The fourth-order valence-corrected chi connectivity index (χ4v) is 1.62. The number of rotatable bonds is 3. The quantitative estimate of drug-likeness (QED) is 0.875. The summed E-state index contributed by atoms with van der Waals surface area (Å²) in [5, 5.41) is 9.58. The minimum Gasteiger partial charge on any atom is -0.504 e. The van der Waals surface area contributed by atoms with Crippen molar-refractivity contribution in [3.63, 3.8) is 0 Å². The van der Waals surface area contributed by atoms with Crippen molar-refractivity contribution in [3.8, 4) is 11.5 Å². The van der Waals surface area contributed by atoms with Crippen LogP contribution in [0.1, 0.15) is 5.56 Å². The first-order valence-electron chi connectivity index (χ1n) is 4.05. The lowest BCUT2D eigenvalue weighted by molar-refractivity contribution is 0.366. The Kier molecular flexibility index (Phi) is 3.71. The summed E-state index contributed by atoms with van der Waals surface area (Å²) in [4.78, 5) is 0. The number of benzene rings is 1. The molecule has 0 saturated carbocycles. The van der Waals surface area contributed by atoms with E-state index in [1.165, 1.54) is 13.2 Å². The van der Waals surface area contributed by atoms with Gasteiger partial charge >= 0.3 is 0 Å². The van der Waals surface area contributed by atoms with Gasteiger partial charge in [0.25, 0.3) is 0 Å². The van der Waals surface area contributed by atoms with Crippen LogP contribution in [0, 0.1) is 5.82 Å². The molecule has 0 bridgehead atoms. The molecule has 1 rings (SSSR count). The molecule has 0 aliphatic rings. The minimum absolute atomic E-state index is 0.179. The van der Waals surface area contributed by atoms with E-state index in [2.05, 4.69) is 15.9 Å². The van der Waals surface area contributed by atoms with E-state index in [4.69, 9.17) is 10.5 Å². The third-order valence-corrected chi connectivity index (χ3v) is 2.44. The van der Waals surface area contributed by atoms with Crippen LogP contribution in [-0.4, -0.2) is 18.8 Å². The van der Waals surface area contributed by atoms with E-state index < -0.39 is 5.82 Å². The lowest BCUT2D eigenvalue weighted by Crippen LogP contribution is -2.05. The van der Waals surface area contributed by atoms with Gasteiger partial charge in [-0.1, -0.05) is 0 Å². The van der Waals surface area contributed by atoms with Crippen molar-refractivity contribution in [1.29, 1.82) is 0 Å². The van der Waals surface area contributed by atoms with Gasteiger partial charge in [0.05, 0.1) is 11.6 Å². The Bertz CT molecular complexity index is 344. The molecule has 0 aromatic heterocycles. The first kappa shape index (κ1) is 11.3. The Morgan fingerprint density at radius 3 is 2.79 bits per heavy atom. The molecule has 0 unspecified atom stereocenters. The standard InChI is InChI=1S/C9H11BrFNO2/c1-14-7-4-6(10)8(11)5(2-3-12)9(7)13/h4,13H,2-3,12H2,1H3. The molecule has 0 amide bonds. The van der Waals surface area contributed by atoms with Crippen LogP contribution in [0.2, 0.25) is 0 Å². The second-order valence-corrected chi connectivity index (χ2v) is 3.59. The first-order chi connectivity index (χ1) is 6.61. The molecule has 0 heterocycles. The highest BCUT2D eigenvalue weighted by Crippen LogP contribution is 2.36. The molecule has 0 radical (unpaired) electrons. The van der Waals surface area contributed by atoms with Gasteiger partial charge in [-0.2, -0.15) is 0 Å². The van der Waals surface area contributed by atoms with E-state index >= 15 is 0 Å². The highest BCUT2D eigenvalue weighted by molar-refractivity contribution is 9.10. The van der Waals surface area contributed by atoms with Crippen molar-refractivity contribution in [2.45, 2.75) is 6.42 Å². The van der Waals surface area contributed by atoms with Crippen LogP contribution in [0.3, 0.4) is 0 Å². The number of hydrogen-bond acceptors (Lipinski definition) is 3. The lowest BCUT2D eigenvalue weighted by Gasteiger charge is -2.10. The second kappa shape index (κ2) is 4.61. The molecule has 0 aliphatic heterocycles. The molecule has 78 valence electrons. The highest BCUT2D eigenvalue weighted by atomic mass is 79.9. The van der Waals surface area contributed by atoms with Gasteiger partial charge in [0.15, 0.2) is 11.5 Å². The summed E-state index contributed by atoms with van der Waals surface area (Å²) in [5.41, 5.74) is 5.49. The summed E-state index contributed by atoms with van der Waals surface area (Å²) in [7, 11) is 1.41. The number of ether oxygens (including phenoxy) is 1. The van der Waals surface area contributed by atoms with Gasteiger partial charge in [-0.05, 0) is 28.9 Å². The van der Waals surface area contributed by atoms with Crippen molar-refractivity contribution in [1.82, 2.24) is 0 Å². The monoisotopic (exact) mass is 263 g/mol. The van der Waals surface area contributed by atoms with Gasteiger partial charge in [-0.25, -0.2) is 4.39 Å². The predicted octanol–water partition coefficient (Wildman–Crippen LogP) is 1.80. The van der Waals surface area contributed by atoms with Crippen molar-refractivity contribution >= 4 is 15.9 Å². The number of aromatic hydroxyl groups is 1. The van der Waals surface area contributed by atoms with Gasteiger partial charge in [0.1, 0.15) is 5.82 Å². The molecule has 1 aromatic rings. The predicted molar refractivity (Wildman–Crippen MR) is 55.1 cm³/mol. The number of halogens is 2. The summed E-state index contributed by atoms with van der Waals surface area (Å²) >= 11 is 3.03. The molecule has 0 aliphatic carbocycles. The smallest absolute Gasteiger partial charge is 0.164 e. The molecule has 1 aromatic carbocycles. The lowest BCUT2D eigenvalue weighted by atomic mass is 10.1. The van der Waals surface area contributed by atoms with Crippen LogP contribution in [0.4, 0.5) is 4.39 Å². The summed E-state index contributed by atoms with van der Waals surface area (Å²) in [5.74, 6) is -0.436. The summed E-state index contributed by atoms with van der Waals surface area (Å²) in [6.07, 6.45) is 0.271.